The number of hydrogen-bond donors (Lipinski definition) is 0. The monoisotopic (exact) mass is 195 g/mol. The number of hydrogen-bond acceptors (Lipinski definition) is 2. The maximum absolute atomic E-state index is 5.80. The fourth-order valence-corrected chi connectivity index (χ4v) is 1.74. The van der Waals surface area contributed by atoms with Gasteiger partial charge in [-0.2, -0.15) is 0 Å². The van der Waals surface area contributed by atoms with E-state index in [0.29, 0.717) is 6.10 Å². The van der Waals surface area contributed by atoms with Crippen LogP contribution in [0, 0.1) is 0 Å². The van der Waals surface area contributed by atoms with Crippen LogP contribution in [0.15, 0.2) is 16.3 Å². The standard InChI is InChI=1S/C12H21NO/c1-9(2)14-12-8-7-11(13-4)6-5-10(12)3/h9H,5-8H2,1-4H3. The number of ether oxygens (including phenoxy) is 1. The van der Waals surface area contributed by atoms with E-state index in [4.69, 9.17) is 4.74 Å². The molecule has 0 fully saturated rings. The van der Waals surface area contributed by atoms with Gasteiger partial charge in [-0.3, -0.25) is 4.99 Å². The average Bonchev–Trinajstić information content (AvgIpc) is 2.30. The molecule has 0 atom stereocenters. The van der Waals surface area contributed by atoms with Crippen LogP contribution in [0.4, 0.5) is 0 Å². The molecule has 1 aliphatic rings. The topological polar surface area (TPSA) is 21.6 Å². The predicted molar refractivity (Wildman–Crippen MR) is 60.7 cm³/mol. The first-order valence-corrected chi connectivity index (χ1v) is 5.43. The van der Waals surface area contributed by atoms with Crippen LogP contribution in [0.3, 0.4) is 0 Å². The van der Waals surface area contributed by atoms with E-state index >= 15 is 0 Å². The molecular weight excluding hydrogens is 174 g/mol. The molecule has 0 bridgehead atoms. The lowest BCUT2D eigenvalue weighted by atomic mass is 10.1. The van der Waals surface area contributed by atoms with Crippen LogP contribution in [0.5, 0.6) is 0 Å². The summed E-state index contributed by atoms with van der Waals surface area (Å²) in [4.78, 5) is 4.29. The van der Waals surface area contributed by atoms with Gasteiger partial charge >= 0.3 is 0 Å². The number of allylic oxidation sites excluding steroid dienone is 2. The minimum Gasteiger partial charge on any atom is -0.495 e. The lowest BCUT2D eigenvalue weighted by Crippen LogP contribution is -2.04. The molecule has 0 spiro atoms. The van der Waals surface area contributed by atoms with E-state index in [0.717, 1.165) is 25.7 Å². The summed E-state index contributed by atoms with van der Waals surface area (Å²) in [6, 6.07) is 0. The van der Waals surface area contributed by atoms with Crippen molar-refractivity contribution in [2.75, 3.05) is 7.05 Å². The third-order valence-corrected chi connectivity index (χ3v) is 2.60. The van der Waals surface area contributed by atoms with E-state index in [1.165, 1.54) is 17.0 Å². The minimum absolute atomic E-state index is 0.292. The highest BCUT2D eigenvalue weighted by atomic mass is 16.5. The molecule has 0 radical (unpaired) electrons. The van der Waals surface area contributed by atoms with Crippen molar-refractivity contribution in [2.24, 2.45) is 4.99 Å². The second-order valence-electron chi connectivity index (χ2n) is 4.16. The van der Waals surface area contributed by atoms with Crippen molar-refractivity contribution in [1.29, 1.82) is 0 Å². The number of rotatable bonds is 2. The van der Waals surface area contributed by atoms with Crippen LogP contribution in [0.25, 0.3) is 0 Å². The van der Waals surface area contributed by atoms with Gasteiger partial charge in [-0.15, -0.1) is 0 Å². The Morgan fingerprint density at radius 2 is 1.79 bits per heavy atom. The summed E-state index contributed by atoms with van der Waals surface area (Å²) in [6.07, 6.45) is 4.59. The Kier molecular flexibility index (Phi) is 4.18. The first kappa shape index (κ1) is 11.3. The second kappa shape index (κ2) is 5.18. The average molecular weight is 195 g/mol. The maximum Gasteiger partial charge on any atom is 0.0956 e. The van der Waals surface area contributed by atoms with Crippen LogP contribution in [-0.4, -0.2) is 18.9 Å². The summed E-state index contributed by atoms with van der Waals surface area (Å²) >= 11 is 0. The van der Waals surface area contributed by atoms with E-state index in [1.54, 1.807) is 0 Å². The molecule has 0 saturated heterocycles. The third kappa shape index (κ3) is 3.17. The van der Waals surface area contributed by atoms with Crippen molar-refractivity contribution in [3.05, 3.63) is 11.3 Å². The maximum atomic E-state index is 5.80. The summed E-state index contributed by atoms with van der Waals surface area (Å²) in [5.74, 6) is 1.19. The largest absolute Gasteiger partial charge is 0.495 e. The molecule has 0 aromatic heterocycles. The molecule has 80 valence electrons. The van der Waals surface area contributed by atoms with Crippen molar-refractivity contribution in [3.8, 4) is 0 Å². The van der Waals surface area contributed by atoms with Gasteiger partial charge < -0.3 is 4.74 Å². The predicted octanol–water partition coefficient (Wildman–Crippen LogP) is 3.33. The molecule has 2 heteroatoms. The van der Waals surface area contributed by atoms with Crippen LogP contribution in [-0.2, 0) is 4.74 Å². The SMILES string of the molecule is CN=C1CCC(C)=C(OC(C)C)CC1. The van der Waals surface area contributed by atoms with E-state index in [2.05, 4.69) is 25.8 Å². The van der Waals surface area contributed by atoms with E-state index in [1.807, 2.05) is 7.05 Å². The fraction of sp³-hybridized carbons (Fsp3) is 0.750. The smallest absolute Gasteiger partial charge is 0.0956 e. The Bertz CT molecular complexity index is 251. The first-order valence-electron chi connectivity index (χ1n) is 5.43. The van der Waals surface area contributed by atoms with Crippen molar-refractivity contribution >= 4 is 5.71 Å². The van der Waals surface area contributed by atoms with Crippen LogP contribution in [0.1, 0.15) is 46.5 Å². The molecular formula is C12H21NO. The lowest BCUT2D eigenvalue weighted by Gasteiger charge is -2.14. The zero-order valence-electron chi connectivity index (χ0n) is 9.76. The van der Waals surface area contributed by atoms with Crippen LogP contribution in [0.2, 0.25) is 0 Å². The highest BCUT2D eigenvalue weighted by Gasteiger charge is 2.13. The minimum atomic E-state index is 0.292. The Labute approximate surface area is 87.1 Å². The van der Waals surface area contributed by atoms with E-state index < -0.39 is 0 Å². The Balaban J connectivity index is 2.64. The van der Waals surface area contributed by atoms with Gasteiger partial charge in [-0.1, -0.05) is 0 Å². The van der Waals surface area contributed by atoms with Gasteiger partial charge in [0.1, 0.15) is 0 Å². The van der Waals surface area contributed by atoms with Gasteiger partial charge in [-0.05, 0) is 45.6 Å². The summed E-state index contributed by atoms with van der Waals surface area (Å²) in [7, 11) is 1.89. The molecule has 0 aromatic rings. The molecule has 0 aromatic carbocycles. The van der Waals surface area contributed by atoms with Crippen molar-refractivity contribution in [3.63, 3.8) is 0 Å². The number of aliphatic imine (C=N–C) groups is 1. The van der Waals surface area contributed by atoms with Gasteiger partial charge in [0.25, 0.3) is 0 Å². The van der Waals surface area contributed by atoms with Crippen molar-refractivity contribution in [2.45, 2.75) is 52.6 Å². The summed E-state index contributed by atoms with van der Waals surface area (Å²) in [5.41, 5.74) is 2.73. The quantitative estimate of drug-likeness (QED) is 0.662. The number of nitrogens with zero attached hydrogens (tertiary/aromatic N) is 1. The normalized spacial score (nSPS) is 21.6. The van der Waals surface area contributed by atoms with Gasteiger partial charge in [0.2, 0.25) is 0 Å². The van der Waals surface area contributed by atoms with Crippen molar-refractivity contribution in [1.82, 2.24) is 0 Å². The van der Waals surface area contributed by atoms with Gasteiger partial charge in [0.05, 0.1) is 11.9 Å². The summed E-state index contributed by atoms with van der Waals surface area (Å²) < 4.78 is 5.80. The zero-order valence-corrected chi connectivity index (χ0v) is 9.76. The molecule has 0 unspecified atom stereocenters. The Morgan fingerprint density at radius 1 is 1.14 bits per heavy atom. The van der Waals surface area contributed by atoms with Gasteiger partial charge in [-0.25, -0.2) is 0 Å². The molecule has 2 nitrogen and oxygen atoms in total. The summed E-state index contributed by atoms with van der Waals surface area (Å²) in [5, 5.41) is 0. The van der Waals surface area contributed by atoms with Crippen molar-refractivity contribution < 1.29 is 4.74 Å². The zero-order chi connectivity index (χ0) is 10.6. The lowest BCUT2D eigenvalue weighted by molar-refractivity contribution is 0.137. The molecule has 0 N–H and O–H groups in total. The molecule has 1 aliphatic carbocycles. The van der Waals surface area contributed by atoms with E-state index in [-0.39, 0.29) is 0 Å². The highest BCUT2D eigenvalue weighted by molar-refractivity contribution is 5.85. The van der Waals surface area contributed by atoms with Crippen LogP contribution >= 0.6 is 0 Å². The first-order chi connectivity index (χ1) is 6.63. The highest BCUT2D eigenvalue weighted by Crippen LogP contribution is 2.24. The molecule has 1 rings (SSSR count). The molecule has 0 saturated carbocycles. The van der Waals surface area contributed by atoms with Gasteiger partial charge in [0.15, 0.2) is 0 Å². The molecule has 0 amide bonds. The Morgan fingerprint density at radius 3 is 2.36 bits per heavy atom. The molecule has 0 aliphatic heterocycles. The third-order valence-electron chi connectivity index (χ3n) is 2.60. The fourth-order valence-electron chi connectivity index (χ4n) is 1.74. The molecule has 0 heterocycles. The van der Waals surface area contributed by atoms with E-state index in [9.17, 15) is 0 Å². The molecule has 14 heavy (non-hydrogen) atoms. The summed E-state index contributed by atoms with van der Waals surface area (Å²) in [6.45, 7) is 6.34. The second-order valence-corrected chi connectivity index (χ2v) is 4.16. The van der Waals surface area contributed by atoms with Gasteiger partial charge in [0, 0.05) is 19.2 Å². The Hall–Kier alpha value is -0.790. The van der Waals surface area contributed by atoms with Crippen LogP contribution < -0.4 is 0 Å².